The minimum Gasteiger partial charge on any atom is -0.348 e. The summed E-state index contributed by atoms with van der Waals surface area (Å²) in [7, 11) is 0. The molecule has 1 amide bonds. The first-order valence-electron chi connectivity index (χ1n) is 6.52. The van der Waals surface area contributed by atoms with E-state index in [1.807, 2.05) is 24.3 Å². The van der Waals surface area contributed by atoms with Gasteiger partial charge in [0.1, 0.15) is 0 Å². The third-order valence-corrected chi connectivity index (χ3v) is 5.03. The third kappa shape index (κ3) is 2.40. The van der Waals surface area contributed by atoms with Crippen molar-refractivity contribution in [3.63, 3.8) is 0 Å². The van der Waals surface area contributed by atoms with E-state index in [0.717, 1.165) is 15.7 Å². The first-order chi connectivity index (χ1) is 8.74. The highest BCUT2D eigenvalue weighted by Crippen LogP contribution is 2.27. The average Bonchev–Trinajstić information content (AvgIpc) is 2.40. The van der Waals surface area contributed by atoms with E-state index < -0.39 is 0 Å². The van der Waals surface area contributed by atoms with Crippen LogP contribution in [-0.4, -0.2) is 36.5 Å². The molecule has 0 aliphatic carbocycles. The highest BCUT2D eigenvalue weighted by atomic mass is 127. The molecule has 3 saturated heterocycles. The van der Waals surface area contributed by atoms with E-state index in [1.165, 1.54) is 25.9 Å². The van der Waals surface area contributed by atoms with Crippen molar-refractivity contribution in [2.24, 2.45) is 5.92 Å². The Hall–Kier alpha value is -0.620. The van der Waals surface area contributed by atoms with Gasteiger partial charge in [-0.25, -0.2) is 0 Å². The first-order valence-corrected chi connectivity index (χ1v) is 7.59. The number of amides is 1. The Balaban J connectivity index is 1.70. The molecule has 96 valence electrons. The smallest absolute Gasteiger partial charge is 0.252 e. The van der Waals surface area contributed by atoms with Crippen molar-refractivity contribution in [2.75, 3.05) is 19.6 Å². The summed E-state index contributed by atoms with van der Waals surface area (Å²) >= 11 is 2.22. The van der Waals surface area contributed by atoms with Crippen LogP contribution in [0, 0.1) is 9.49 Å². The van der Waals surface area contributed by atoms with Gasteiger partial charge in [0.15, 0.2) is 0 Å². The number of hydrogen-bond acceptors (Lipinski definition) is 2. The Morgan fingerprint density at radius 1 is 1.28 bits per heavy atom. The van der Waals surface area contributed by atoms with E-state index in [9.17, 15) is 4.79 Å². The fourth-order valence-corrected chi connectivity index (χ4v) is 3.65. The summed E-state index contributed by atoms with van der Waals surface area (Å²) < 4.78 is 1.02. The number of piperidine rings is 3. The van der Waals surface area contributed by atoms with Crippen LogP contribution >= 0.6 is 22.6 Å². The number of benzene rings is 1. The SMILES string of the molecule is O=C(NC1CN2CCC1CC2)c1ccccc1I. The van der Waals surface area contributed by atoms with Gasteiger partial charge in [-0.1, -0.05) is 12.1 Å². The zero-order valence-electron chi connectivity index (χ0n) is 10.2. The van der Waals surface area contributed by atoms with Gasteiger partial charge >= 0.3 is 0 Å². The number of hydrogen-bond donors (Lipinski definition) is 1. The van der Waals surface area contributed by atoms with Gasteiger partial charge in [0.05, 0.1) is 5.56 Å². The number of nitrogens with one attached hydrogen (secondary N) is 1. The second-order valence-corrected chi connectivity index (χ2v) is 6.36. The molecule has 0 radical (unpaired) electrons. The molecular formula is C14H17IN2O. The molecule has 4 rings (SSSR count). The number of fused-ring (bicyclic) bond motifs is 3. The molecule has 1 atom stereocenters. The topological polar surface area (TPSA) is 32.3 Å². The first kappa shape index (κ1) is 12.4. The van der Waals surface area contributed by atoms with Gasteiger partial charge in [-0.2, -0.15) is 0 Å². The molecule has 1 aromatic carbocycles. The summed E-state index contributed by atoms with van der Waals surface area (Å²) in [6, 6.07) is 8.11. The summed E-state index contributed by atoms with van der Waals surface area (Å²) in [6.45, 7) is 3.44. The van der Waals surface area contributed by atoms with Crippen molar-refractivity contribution in [1.82, 2.24) is 10.2 Å². The largest absolute Gasteiger partial charge is 0.348 e. The van der Waals surface area contributed by atoms with E-state index in [1.54, 1.807) is 0 Å². The van der Waals surface area contributed by atoms with Crippen LogP contribution in [0.1, 0.15) is 23.2 Å². The van der Waals surface area contributed by atoms with Crippen LogP contribution in [-0.2, 0) is 0 Å². The number of rotatable bonds is 2. The van der Waals surface area contributed by atoms with Crippen LogP contribution in [0.15, 0.2) is 24.3 Å². The van der Waals surface area contributed by atoms with Gasteiger partial charge in [-0.05, 0) is 66.6 Å². The van der Waals surface area contributed by atoms with E-state index >= 15 is 0 Å². The number of nitrogens with zero attached hydrogens (tertiary/aromatic N) is 1. The molecule has 0 saturated carbocycles. The molecule has 18 heavy (non-hydrogen) atoms. The monoisotopic (exact) mass is 356 g/mol. The summed E-state index contributed by atoms with van der Waals surface area (Å²) in [5, 5.41) is 3.22. The van der Waals surface area contributed by atoms with Gasteiger partial charge in [0.2, 0.25) is 0 Å². The molecule has 4 heteroatoms. The fourth-order valence-electron chi connectivity index (χ4n) is 3.02. The van der Waals surface area contributed by atoms with Crippen LogP contribution < -0.4 is 5.32 Å². The molecule has 3 heterocycles. The normalized spacial score (nSPS) is 30.2. The lowest BCUT2D eigenvalue weighted by atomic mass is 9.84. The molecule has 3 fully saturated rings. The Morgan fingerprint density at radius 3 is 2.61 bits per heavy atom. The maximum absolute atomic E-state index is 12.3. The van der Waals surface area contributed by atoms with Crippen molar-refractivity contribution >= 4 is 28.5 Å². The van der Waals surface area contributed by atoms with Crippen LogP contribution in [0.2, 0.25) is 0 Å². The van der Waals surface area contributed by atoms with Gasteiger partial charge in [0, 0.05) is 16.2 Å². The van der Waals surface area contributed by atoms with Crippen molar-refractivity contribution in [3.05, 3.63) is 33.4 Å². The van der Waals surface area contributed by atoms with E-state index in [2.05, 4.69) is 32.8 Å². The zero-order chi connectivity index (χ0) is 12.5. The second-order valence-electron chi connectivity index (χ2n) is 5.20. The maximum atomic E-state index is 12.3. The lowest BCUT2D eigenvalue weighted by Gasteiger charge is -2.44. The summed E-state index contributed by atoms with van der Waals surface area (Å²) in [6.07, 6.45) is 2.47. The second kappa shape index (κ2) is 5.17. The molecule has 3 aliphatic heterocycles. The molecule has 1 N–H and O–H groups in total. The predicted molar refractivity (Wildman–Crippen MR) is 79.6 cm³/mol. The van der Waals surface area contributed by atoms with Gasteiger partial charge in [0.25, 0.3) is 5.91 Å². The zero-order valence-corrected chi connectivity index (χ0v) is 12.4. The van der Waals surface area contributed by atoms with Crippen LogP contribution in [0.5, 0.6) is 0 Å². The molecule has 0 aromatic heterocycles. The van der Waals surface area contributed by atoms with Crippen molar-refractivity contribution in [3.8, 4) is 0 Å². The van der Waals surface area contributed by atoms with Gasteiger partial charge in [-0.15, -0.1) is 0 Å². The van der Waals surface area contributed by atoms with Crippen molar-refractivity contribution < 1.29 is 4.79 Å². The van der Waals surface area contributed by atoms with E-state index in [-0.39, 0.29) is 5.91 Å². The highest BCUT2D eigenvalue weighted by Gasteiger charge is 2.35. The molecule has 0 spiro atoms. The molecular weight excluding hydrogens is 339 g/mol. The van der Waals surface area contributed by atoms with Crippen LogP contribution in [0.4, 0.5) is 0 Å². The Kier molecular flexibility index (Phi) is 3.56. The van der Waals surface area contributed by atoms with Crippen molar-refractivity contribution in [2.45, 2.75) is 18.9 Å². The molecule has 3 aliphatic rings. The van der Waals surface area contributed by atoms with Crippen LogP contribution in [0.3, 0.4) is 0 Å². The summed E-state index contributed by atoms with van der Waals surface area (Å²) in [4.78, 5) is 14.7. The molecule has 1 aromatic rings. The third-order valence-electron chi connectivity index (χ3n) is 4.09. The Morgan fingerprint density at radius 2 is 2.00 bits per heavy atom. The maximum Gasteiger partial charge on any atom is 0.252 e. The standard InChI is InChI=1S/C14H17IN2O/c15-12-4-2-1-3-11(12)14(18)16-13-9-17-7-5-10(13)6-8-17/h1-4,10,13H,5-9H2,(H,16,18). The quantitative estimate of drug-likeness (QED) is 0.824. The van der Waals surface area contributed by atoms with Gasteiger partial charge < -0.3 is 10.2 Å². The Bertz CT molecular complexity index is 455. The van der Waals surface area contributed by atoms with E-state index in [0.29, 0.717) is 12.0 Å². The molecule has 2 bridgehead atoms. The van der Waals surface area contributed by atoms with Crippen LogP contribution in [0.25, 0.3) is 0 Å². The van der Waals surface area contributed by atoms with Crippen molar-refractivity contribution in [1.29, 1.82) is 0 Å². The summed E-state index contributed by atoms with van der Waals surface area (Å²) in [5.41, 5.74) is 0.801. The number of carbonyl (C=O) groups excluding carboxylic acids is 1. The number of halogens is 1. The lowest BCUT2D eigenvalue weighted by molar-refractivity contribution is 0.0620. The van der Waals surface area contributed by atoms with Gasteiger partial charge in [-0.3, -0.25) is 4.79 Å². The number of carbonyl (C=O) groups is 1. The average molecular weight is 356 g/mol. The molecule has 1 unspecified atom stereocenters. The molecule has 3 nitrogen and oxygen atoms in total. The minimum absolute atomic E-state index is 0.0822. The lowest BCUT2D eigenvalue weighted by Crippen LogP contribution is -2.57. The Labute approximate surface area is 121 Å². The minimum atomic E-state index is 0.0822. The van der Waals surface area contributed by atoms with E-state index in [4.69, 9.17) is 0 Å². The highest BCUT2D eigenvalue weighted by molar-refractivity contribution is 14.1. The predicted octanol–water partition coefficient (Wildman–Crippen LogP) is 2.12. The fraction of sp³-hybridized carbons (Fsp3) is 0.500. The summed E-state index contributed by atoms with van der Waals surface area (Å²) in [5.74, 6) is 0.763.